The topological polar surface area (TPSA) is 78.9 Å². The maximum Gasteiger partial charge on any atom is 0.306 e. The Balaban J connectivity index is 4.41. The van der Waals surface area contributed by atoms with Crippen molar-refractivity contribution in [3.63, 3.8) is 0 Å². The zero-order valence-corrected chi connectivity index (χ0v) is 53.0. The van der Waals surface area contributed by atoms with E-state index in [4.69, 9.17) is 14.2 Å². The first-order valence-electron chi connectivity index (χ1n) is 34.0. The molecule has 0 bridgehead atoms. The van der Waals surface area contributed by atoms with Gasteiger partial charge in [0.2, 0.25) is 0 Å². The van der Waals surface area contributed by atoms with Crippen molar-refractivity contribution >= 4 is 17.9 Å². The van der Waals surface area contributed by atoms with E-state index in [2.05, 4.69) is 142 Å². The molecule has 81 heavy (non-hydrogen) atoms. The van der Waals surface area contributed by atoms with Crippen molar-refractivity contribution in [1.82, 2.24) is 0 Å². The van der Waals surface area contributed by atoms with Gasteiger partial charge >= 0.3 is 17.9 Å². The number of rotatable bonds is 61. The summed E-state index contributed by atoms with van der Waals surface area (Å²) >= 11 is 0. The molecule has 0 aromatic carbocycles. The highest BCUT2D eigenvalue weighted by Crippen LogP contribution is 2.16. The van der Waals surface area contributed by atoms with Crippen molar-refractivity contribution in [1.29, 1.82) is 0 Å². The molecule has 1 unspecified atom stereocenters. The van der Waals surface area contributed by atoms with Gasteiger partial charge in [0.15, 0.2) is 6.10 Å². The van der Waals surface area contributed by atoms with Crippen LogP contribution in [0.5, 0.6) is 0 Å². The monoisotopic (exact) mass is 1120 g/mol. The summed E-state index contributed by atoms with van der Waals surface area (Å²) in [4.78, 5) is 38.4. The summed E-state index contributed by atoms with van der Waals surface area (Å²) in [6.45, 7) is 6.50. The lowest BCUT2D eigenvalue weighted by molar-refractivity contribution is -0.167. The molecule has 0 aliphatic heterocycles. The van der Waals surface area contributed by atoms with E-state index >= 15 is 0 Å². The zero-order chi connectivity index (χ0) is 58.5. The van der Waals surface area contributed by atoms with Gasteiger partial charge < -0.3 is 14.2 Å². The SMILES string of the molecule is CC/C=C\C/C=C\C/C=C\C/C=C\C/C=C\C/C=C\C/C=C\C/C=C\CCCCCCC(=O)OCC(COC(=O)CCCCCCCCCCCCCCCCCCC)OC(=O)CCCCCCCCC/C=C\C/C=C\CCCCC. The Morgan fingerprint density at radius 2 is 0.481 bits per heavy atom. The van der Waals surface area contributed by atoms with Crippen LogP contribution in [-0.2, 0) is 28.6 Å². The lowest BCUT2D eigenvalue weighted by Gasteiger charge is -2.18. The summed E-state index contributed by atoms with van der Waals surface area (Å²) in [5.41, 5.74) is 0. The van der Waals surface area contributed by atoms with E-state index in [1.54, 1.807) is 0 Å². The molecule has 1 atom stereocenters. The van der Waals surface area contributed by atoms with E-state index < -0.39 is 6.10 Å². The summed E-state index contributed by atoms with van der Waals surface area (Å²) in [5, 5.41) is 0. The van der Waals surface area contributed by atoms with Gasteiger partial charge in [-0.15, -0.1) is 0 Å². The van der Waals surface area contributed by atoms with E-state index in [1.165, 1.54) is 141 Å². The Morgan fingerprint density at radius 3 is 0.778 bits per heavy atom. The summed E-state index contributed by atoms with van der Waals surface area (Å²) < 4.78 is 16.9. The molecule has 0 radical (unpaired) electrons. The van der Waals surface area contributed by atoms with Crippen molar-refractivity contribution in [3.05, 3.63) is 122 Å². The molecule has 6 nitrogen and oxygen atoms in total. The maximum atomic E-state index is 12.9. The molecule has 6 heteroatoms. The van der Waals surface area contributed by atoms with Gasteiger partial charge in [-0.1, -0.05) is 303 Å². The minimum atomic E-state index is -0.796. The van der Waals surface area contributed by atoms with Crippen molar-refractivity contribution in [2.45, 2.75) is 322 Å². The fourth-order valence-corrected chi connectivity index (χ4v) is 9.37. The molecule has 0 fully saturated rings. The van der Waals surface area contributed by atoms with Gasteiger partial charge in [-0.25, -0.2) is 0 Å². The van der Waals surface area contributed by atoms with E-state index in [1.807, 2.05) is 0 Å². The van der Waals surface area contributed by atoms with Crippen LogP contribution >= 0.6 is 0 Å². The van der Waals surface area contributed by atoms with E-state index in [0.29, 0.717) is 19.3 Å². The lowest BCUT2D eigenvalue weighted by atomic mass is 10.0. The molecule has 0 aliphatic carbocycles. The number of esters is 3. The third-order valence-corrected chi connectivity index (χ3v) is 14.5. The zero-order valence-electron chi connectivity index (χ0n) is 53.0. The standard InChI is InChI=1S/C75H126O6/c1-4-7-10-13-16-19-22-25-28-31-32-33-34-35-36-37-38-39-40-41-42-45-47-50-53-56-59-62-65-68-74(77)80-71-72(81-75(78)69-66-63-60-57-54-51-48-44-30-27-24-21-18-15-12-9-6-3)70-79-73(76)67-64-61-58-55-52-49-46-43-29-26-23-20-17-14-11-8-5-2/h7,10,16,18-19,21,25,27-28,30,32-33,35-36,38-39,41-42,47,50,72H,4-6,8-9,11-15,17,20,22-24,26,29,31,34,37,40,43-46,48-49,51-71H2,1-3H3/b10-7-,19-16-,21-18-,28-25-,30-27-,33-32-,36-35-,39-38-,42-41-,50-47-. The summed E-state index contributed by atoms with van der Waals surface area (Å²) in [6.07, 6.45) is 94.9. The van der Waals surface area contributed by atoms with Crippen molar-refractivity contribution < 1.29 is 28.6 Å². The van der Waals surface area contributed by atoms with Crippen LogP contribution in [0.25, 0.3) is 0 Å². The highest BCUT2D eigenvalue weighted by Gasteiger charge is 2.19. The molecule has 0 aromatic heterocycles. The van der Waals surface area contributed by atoms with Crippen LogP contribution in [-0.4, -0.2) is 37.2 Å². The Morgan fingerprint density at radius 1 is 0.259 bits per heavy atom. The van der Waals surface area contributed by atoms with Gasteiger partial charge in [-0.05, 0) is 116 Å². The number of unbranched alkanes of at least 4 members (excludes halogenated alkanes) is 30. The van der Waals surface area contributed by atoms with Gasteiger partial charge in [-0.2, -0.15) is 0 Å². The fraction of sp³-hybridized carbons (Fsp3) is 0.693. The van der Waals surface area contributed by atoms with Crippen LogP contribution in [0.1, 0.15) is 316 Å². The quantitative estimate of drug-likeness (QED) is 0.0261. The molecule has 0 spiro atoms. The molecule has 0 amide bonds. The third kappa shape index (κ3) is 66.5. The number of allylic oxidation sites excluding steroid dienone is 20. The lowest BCUT2D eigenvalue weighted by Crippen LogP contribution is -2.30. The molecule has 462 valence electrons. The number of carbonyl (C=O) groups excluding carboxylic acids is 3. The predicted molar refractivity (Wildman–Crippen MR) is 353 cm³/mol. The van der Waals surface area contributed by atoms with Crippen LogP contribution in [0.15, 0.2) is 122 Å². The molecule has 0 aliphatic rings. The van der Waals surface area contributed by atoms with Gasteiger partial charge in [0.1, 0.15) is 13.2 Å². The molecule has 0 rings (SSSR count). The first-order chi connectivity index (χ1) is 40.0. The maximum absolute atomic E-state index is 12.9. The summed E-state index contributed by atoms with van der Waals surface area (Å²) in [5.74, 6) is -0.912. The van der Waals surface area contributed by atoms with Crippen LogP contribution < -0.4 is 0 Å². The van der Waals surface area contributed by atoms with Crippen molar-refractivity contribution in [2.75, 3.05) is 13.2 Å². The van der Waals surface area contributed by atoms with E-state index in [9.17, 15) is 14.4 Å². The first kappa shape index (κ1) is 76.8. The third-order valence-electron chi connectivity index (χ3n) is 14.5. The molecule has 0 N–H and O–H groups in total. The van der Waals surface area contributed by atoms with Crippen LogP contribution in [0.3, 0.4) is 0 Å². The van der Waals surface area contributed by atoms with Crippen LogP contribution in [0.2, 0.25) is 0 Å². The first-order valence-corrected chi connectivity index (χ1v) is 34.0. The second kappa shape index (κ2) is 68.3. The highest BCUT2D eigenvalue weighted by atomic mass is 16.6. The number of carbonyl (C=O) groups is 3. The summed E-state index contributed by atoms with van der Waals surface area (Å²) in [6, 6.07) is 0. The smallest absolute Gasteiger partial charge is 0.306 e. The van der Waals surface area contributed by atoms with Gasteiger partial charge in [-0.3, -0.25) is 14.4 Å². The molecular formula is C75H126O6. The molecule has 0 saturated heterocycles. The number of hydrogen-bond acceptors (Lipinski definition) is 6. The van der Waals surface area contributed by atoms with Crippen LogP contribution in [0, 0.1) is 0 Å². The Hall–Kier alpha value is -4.19. The van der Waals surface area contributed by atoms with E-state index in [0.717, 1.165) is 135 Å². The highest BCUT2D eigenvalue weighted by molar-refractivity contribution is 5.71. The van der Waals surface area contributed by atoms with Crippen LogP contribution in [0.4, 0.5) is 0 Å². The second-order valence-electron chi connectivity index (χ2n) is 22.4. The van der Waals surface area contributed by atoms with Gasteiger partial charge in [0.25, 0.3) is 0 Å². The van der Waals surface area contributed by atoms with Crippen molar-refractivity contribution in [3.8, 4) is 0 Å². The average molecular weight is 1120 g/mol. The van der Waals surface area contributed by atoms with Gasteiger partial charge in [0, 0.05) is 19.3 Å². The number of hydrogen-bond donors (Lipinski definition) is 0. The minimum Gasteiger partial charge on any atom is -0.462 e. The Bertz CT molecular complexity index is 1670. The average Bonchev–Trinajstić information content (AvgIpc) is 3.47. The Kier molecular flexibility index (Phi) is 64.8. The number of ether oxygens (including phenoxy) is 3. The second-order valence-corrected chi connectivity index (χ2v) is 22.4. The molecule has 0 aromatic rings. The minimum absolute atomic E-state index is 0.0888. The van der Waals surface area contributed by atoms with E-state index in [-0.39, 0.29) is 31.1 Å². The predicted octanol–water partition coefficient (Wildman–Crippen LogP) is 23.6. The Labute approximate surface area is 501 Å². The fourth-order valence-electron chi connectivity index (χ4n) is 9.37. The van der Waals surface area contributed by atoms with Crippen molar-refractivity contribution in [2.24, 2.45) is 0 Å². The normalized spacial score (nSPS) is 12.9. The molecule has 0 heterocycles. The molecular weight excluding hydrogens is 997 g/mol. The van der Waals surface area contributed by atoms with Gasteiger partial charge in [0.05, 0.1) is 0 Å². The largest absolute Gasteiger partial charge is 0.462 e. The molecule has 0 saturated carbocycles. The summed E-state index contributed by atoms with van der Waals surface area (Å²) in [7, 11) is 0.